The number of nitrogens with zero attached hydrogens (tertiary/aromatic N) is 3. The van der Waals surface area contributed by atoms with Crippen molar-refractivity contribution in [3.8, 4) is 11.5 Å². The molecule has 0 saturated carbocycles. The van der Waals surface area contributed by atoms with E-state index in [0.29, 0.717) is 5.92 Å². The number of anilines is 1. The summed E-state index contributed by atoms with van der Waals surface area (Å²) in [4.78, 5) is 11.2. The molecule has 2 unspecified atom stereocenters. The Hall–Kier alpha value is -3.34. The van der Waals surface area contributed by atoms with Crippen LogP contribution in [0.3, 0.4) is 0 Å². The van der Waals surface area contributed by atoms with E-state index in [1.165, 1.54) is 5.70 Å². The molecule has 1 saturated heterocycles. The zero-order chi connectivity index (χ0) is 19.8. The van der Waals surface area contributed by atoms with Crippen molar-refractivity contribution in [2.24, 2.45) is 16.3 Å². The molecule has 0 radical (unpaired) electrons. The zero-order valence-electron chi connectivity index (χ0n) is 16.6. The predicted octanol–water partition coefficient (Wildman–Crippen LogP) is 5.10. The first kappa shape index (κ1) is 17.7. The van der Waals surface area contributed by atoms with Crippen molar-refractivity contribution in [1.82, 2.24) is 4.98 Å². The molecule has 1 aliphatic carbocycles. The number of rotatable bonds is 4. The summed E-state index contributed by atoms with van der Waals surface area (Å²) in [6.45, 7) is 3.21. The molecule has 5 nitrogen and oxygen atoms in total. The number of hydrogen-bond donors (Lipinski definition) is 0. The van der Waals surface area contributed by atoms with Gasteiger partial charge in [0, 0.05) is 30.3 Å². The Kier molecular flexibility index (Phi) is 4.23. The van der Waals surface area contributed by atoms with Crippen LogP contribution in [0.2, 0.25) is 0 Å². The summed E-state index contributed by atoms with van der Waals surface area (Å²) in [6, 6.07) is 12.0. The Balaban J connectivity index is 1.46. The van der Waals surface area contributed by atoms with Crippen LogP contribution in [0.4, 0.5) is 5.69 Å². The average molecular weight is 385 g/mol. The van der Waals surface area contributed by atoms with Crippen molar-refractivity contribution in [1.29, 1.82) is 0 Å². The maximum Gasteiger partial charge on any atom is 0.145 e. The van der Waals surface area contributed by atoms with Crippen LogP contribution in [0.5, 0.6) is 11.5 Å². The lowest BCUT2D eigenvalue weighted by Gasteiger charge is -2.41. The van der Waals surface area contributed by atoms with E-state index in [1.54, 1.807) is 19.5 Å². The topological polar surface area (TPSA) is 47.0 Å². The standard InChI is InChI=1S/C24H23N3O2/c1-17-11-14-26-23-21(28-2)9-10-22-24(17,23)12-15-27(22)18-5-7-19(8-6-18)29-20-4-3-13-25-16-20/h3-11,13-14,16-17H,12,15H2,1-2H3. The highest BCUT2D eigenvalue weighted by Crippen LogP contribution is 2.53. The number of allylic oxidation sites excluding steroid dienone is 5. The lowest BCUT2D eigenvalue weighted by atomic mass is 9.66. The van der Waals surface area contributed by atoms with Gasteiger partial charge in [-0.3, -0.25) is 9.98 Å². The summed E-state index contributed by atoms with van der Waals surface area (Å²) in [5.74, 6) is 2.76. The Morgan fingerprint density at radius 2 is 1.97 bits per heavy atom. The number of pyridine rings is 1. The number of hydrogen-bond acceptors (Lipinski definition) is 5. The van der Waals surface area contributed by atoms with Gasteiger partial charge in [0.2, 0.25) is 0 Å². The fourth-order valence-electron chi connectivity index (χ4n) is 4.65. The highest BCUT2D eigenvalue weighted by Gasteiger charge is 2.53. The van der Waals surface area contributed by atoms with Gasteiger partial charge in [-0.25, -0.2) is 0 Å². The first-order valence-corrected chi connectivity index (χ1v) is 9.89. The van der Waals surface area contributed by atoms with Gasteiger partial charge in [0.05, 0.1) is 24.4 Å². The molecule has 0 bridgehead atoms. The first-order valence-electron chi connectivity index (χ1n) is 9.89. The number of aromatic nitrogens is 1. The Labute approximate surface area is 170 Å². The molecule has 29 heavy (non-hydrogen) atoms. The third kappa shape index (κ3) is 2.77. The molecule has 5 rings (SSSR count). The maximum absolute atomic E-state index is 5.88. The molecule has 3 heterocycles. The average Bonchev–Trinajstić information content (AvgIpc) is 3.15. The molecule has 2 aliphatic heterocycles. The van der Waals surface area contributed by atoms with Gasteiger partial charge in [-0.2, -0.15) is 0 Å². The van der Waals surface area contributed by atoms with E-state index in [2.05, 4.69) is 41.1 Å². The molecule has 146 valence electrons. The minimum Gasteiger partial charge on any atom is -0.495 e. The molecule has 1 aromatic carbocycles. The second-order valence-corrected chi connectivity index (χ2v) is 7.55. The number of benzene rings is 1. The van der Waals surface area contributed by atoms with Crippen LogP contribution in [-0.2, 0) is 4.74 Å². The summed E-state index contributed by atoms with van der Waals surface area (Å²) in [6.07, 6.45) is 12.8. The van der Waals surface area contributed by atoms with Gasteiger partial charge in [-0.15, -0.1) is 0 Å². The molecule has 1 fully saturated rings. The van der Waals surface area contributed by atoms with Crippen LogP contribution in [0, 0.1) is 11.3 Å². The van der Waals surface area contributed by atoms with Crippen LogP contribution >= 0.6 is 0 Å². The van der Waals surface area contributed by atoms with Gasteiger partial charge in [-0.05, 0) is 60.9 Å². The molecular weight excluding hydrogens is 362 g/mol. The Morgan fingerprint density at radius 3 is 2.72 bits per heavy atom. The fourth-order valence-corrected chi connectivity index (χ4v) is 4.65. The van der Waals surface area contributed by atoms with Crippen molar-refractivity contribution >= 4 is 11.4 Å². The van der Waals surface area contributed by atoms with Crippen LogP contribution in [0.15, 0.2) is 89.7 Å². The molecule has 0 amide bonds. The largest absolute Gasteiger partial charge is 0.495 e. The van der Waals surface area contributed by atoms with Gasteiger partial charge in [0.25, 0.3) is 0 Å². The second-order valence-electron chi connectivity index (χ2n) is 7.55. The molecule has 2 atom stereocenters. The van der Waals surface area contributed by atoms with Crippen LogP contribution in [0.1, 0.15) is 13.3 Å². The van der Waals surface area contributed by atoms with Crippen molar-refractivity contribution in [3.05, 3.63) is 84.7 Å². The van der Waals surface area contributed by atoms with Gasteiger partial charge >= 0.3 is 0 Å². The fraction of sp³-hybridized carbons (Fsp3) is 0.250. The second kappa shape index (κ2) is 6.92. The van der Waals surface area contributed by atoms with Crippen LogP contribution in [-0.4, -0.2) is 24.4 Å². The molecule has 1 aromatic heterocycles. The van der Waals surface area contributed by atoms with Crippen molar-refractivity contribution in [2.75, 3.05) is 18.6 Å². The summed E-state index contributed by atoms with van der Waals surface area (Å²) in [7, 11) is 1.72. The van der Waals surface area contributed by atoms with E-state index in [4.69, 9.17) is 14.5 Å². The molecule has 2 aromatic rings. The Bertz CT molecular complexity index is 1040. The molecule has 5 heteroatoms. The molecule has 0 N–H and O–H groups in total. The van der Waals surface area contributed by atoms with E-state index in [1.807, 2.05) is 36.5 Å². The van der Waals surface area contributed by atoms with E-state index in [-0.39, 0.29) is 5.41 Å². The Morgan fingerprint density at radius 1 is 1.10 bits per heavy atom. The molecule has 1 spiro atoms. The third-order valence-electron chi connectivity index (χ3n) is 6.12. The van der Waals surface area contributed by atoms with Crippen molar-refractivity contribution in [3.63, 3.8) is 0 Å². The first-order chi connectivity index (χ1) is 14.2. The zero-order valence-corrected chi connectivity index (χ0v) is 16.6. The number of aliphatic imine (C=N–C) groups is 1. The third-order valence-corrected chi connectivity index (χ3v) is 6.12. The quantitative estimate of drug-likeness (QED) is 0.734. The highest BCUT2D eigenvalue weighted by molar-refractivity contribution is 6.08. The summed E-state index contributed by atoms with van der Waals surface area (Å²) >= 11 is 0. The lowest BCUT2D eigenvalue weighted by molar-refractivity contribution is 0.294. The van der Waals surface area contributed by atoms with Gasteiger partial charge in [0.15, 0.2) is 0 Å². The van der Waals surface area contributed by atoms with Crippen LogP contribution in [0.25, 0.3) is 0 Å². The van der Waals surface area contributed by atoms with Crippen molar-refractivity contribution in [2.45, 2.75) is 13.3 Å². The number of ether oxygens (including phenoxy) is 2. The molecular formula is C24H23N3O2. The van der Waals surface area contributed by atoms with Gasteiger partial charge in [-0.1, -0.05) is 13.0 Å². The minimum absolute atomic E-state index is 0.125. The van der Waals surface area contributed by atoms with Crippen LogP contribution < -0.4 is 9.64 Å². The molecule has 3 aliphatic rings. The smallest absolute Gasteiger partial charge is 0.145 e. The van der Waals surface area contributed by atoms with E-state index < -0.39 is 0 Å². The lowest BCUT2D eigenvalue weighted by Crippen LogP contribution is -2.42. The normalized spacial score (nSPS) is 24.8. The SMILES string of the molecule is COC1=CC=C2N(c3ccc(Oc4cccnc4)cc3)CCC23C1=NC=CC3C. The van der Waals surface area contributed by atoms with Crippen molar-refractivity contribution < 1.29 is 9.47 Å². The monoisotopic (exact) mass is 385 g/mol. The van der Waals surface area contributed by atoms with E-state index in [0.717, 1.165) is 41.6 Å². The number of methoxy groups -OCH3 is 1. The van der Waals surface area contributed by atoms with Gasteiger partial charge < -0.3 is 14.4 Å². The minimum atomic E-state index is -0.125. The summed E-state index contributed by atoms with van der Waals surface area (Å²) in [5, 5.41) is 0. The summed E-state index contributed by atoms with van der Waals surface area (Å²) < 4.78 is 11.5. The maximum atomic E-state index is 5.88. The van der Waals surface area contributed by atoms with E-state index in [9.17, 15) is 0 Å². The van der Waals surface area contributed by atoms with Gasteiger partial charge in [0.1, 0.15) is 17.3 Å². The van der Waals surface area contributed by atoms with E-state index >= 15 is 0 Å². The summed E-state index contributed by atoms with van der Waals surface area (Å²) in [5.41, 5.74) is 3.36. The highest BCUT2D eigenvalue weighted by atomic mass is 16.5. The predicted molar refractivity (Wildman–Crippen MR) is 114 cm³/mol.